The molecule has 7 nitrogen and oxygen atoms in total. The van der Waals surface area contributed by atoms with Gasteiger partial charge >= 0.3 is 0 Å². The summed E-state index contributed by atoms with van der Waals surface area (Å²) in [5.41, 5.74) is 0. The quantitative estimate of drug-likeness (QED) is 0.717. The molecule has 26 heavy (non-hydrogen) atoms. The van der Waals surface area contributed by atoms with Crippen LogP contribution in [0.3, 0.4) is 0 Å². The van der Waals surface area contributed by atoms with Gasteiger partial charge in [-0.3, -0.25) is 4.90 Å². The molecule has 0 radical (unpaired) electrons. The van der Waals surface area contributed by atoms with E-state index < -0.39 is 10.0 Å². The van der Waals surface area contributed by atoms with E-state index in [1.807, 2.05) is 0 Å². The van der Waals surface area contributed by atoms with Crippen molar-refractivity contribution in [3.05, 3.63) is 40.0 Å². The normalized spacial score (nSPS) is 16.9. The maximum absolute atomic E-state index is 12.8. The third-order valence-electron chi connectivity index (χ3n) is 4.18. The standard InChI is InChI=1S/C16H20Cl2N4O3S/c1-2-3-15-19-16(25-20-15)11-21-6-8-22(9-7-21)26(23,24)14-10-12(17)4-5-13(14)18/h4-5,10H,2-3,6-9,11H2,1H3. The van der Waals surface area contributed by atoms with E-state index in [9.17, 15) is 8.42 Å². The summed E-state index contributed by atoms with van der Waals surface area (Å²) in [5, 5.41) is 4.45. The van der Waals surface area contributed by atoms with Crippen LogP contribution in [-0.4, -0.2) is 53.9 Å². The van der Waals surface area contributed by atoms with E-state index >= 15 is 0 Å². The maximum Gasteiger partial charge on any atom is 0.244 e. The molecule has 0 bridgehead atoms. The number of benzene rings is 1. The van der Waals surface area contributed by atoms with Crippen LogP contribution in [0, 0.1) is 0 Å². The minimum absolute atomic E-state index is 0.0428. The number of rotatable bonds is 6. The van der Waals surface area contributed by atoms with Gasteiger partial charge in [-0.25, -0.2) is 8.42 Å². The molecule has 0 aliphatic carbocycles. The molecule has 2 heterocycles. The second-order valence-corrected chi connectivity index (χ2v) is 8.86. The molecule has 0 spiro atoms. The number of piperazine rings is 1. The Bertz CT molecular complexity index is 864. The van der Waals surface area contributed by atoms with Gasteiger partial charge in [0.15, 0.2) is 5.82 Å². The first kappa shape index (κ1) is 19.6. The third-order valence-corrected chi connectivity index (χ3v) is 6.80. The largest absolute Gasteiger partial charge is 0.338 e. The Kier molecular flexibility index (Phi) is 6.19. The smallest absolute Gasteiger partial charge is 0.244 e. The average Bonchev–Trinajstić information content (AvgIpc) is 3.05. The first-order chi connectivity index (χ1) is 12.4. The summed E-state index contributed by atoms with van der Waals surface area (Å²) in [6.45, 7) is 4.44. The van der Waals surface area contributed by atoms with Crippen molar-refractivity contribution in [2.24, 2.45) is 0 Å². The summed E-state index contributed by atoms with van der Waals surface area (Å²) < 4.78 is 32.3. The van der Waals surface area contributed by atoms with Gasteiger partial charge in [0.1, 0.15) is 4.90 Å². The van der Waals surface area contributed by atoms with Crippen molar-refractivity contribution in [1.82, 2.24) is 19.3 Å². The van der Waals surface area contributed by atoms with E-state index in [-0.39, 0.29) is 9.92 Å². The molecule has 0 N–H and O–H groups in total. The molecule has 1 aromatic carbocycles. The Hall–Kier alpha value is -1.19. The molecule has 0 unspecified atom stereocenters. The molecule has 1 aromatic heterocycles. The van der Waals surface area contributed by atoms with Gasteiger partial charge in [-0.1, -0.05) is 35.3 Å². The zero-order valence-corrected chi connectivity index (χ0v) is 16.7. The molecule has 1 aliphatic rings. The van der Waals surface area contributed by atoms with E-state index in [0.717, 1.165) is 12.8 Å². The number of hydrogen-bond donors (Lipinski definition) is 0. The van der Waals surface area contributed by atoms with Crippen molar-refractivity contribution in [3.63, 3.8) is 0 Å². The van der Waals surface area contributed by atoms with Gasteiger partial charge in [-0.2, -0.15) is 9.29 Å². The van der Waals surface area contributed by atoms with Crippen LogP contribution in [0.4, 0.5) is 0 Å². The minimum Gasteiger partial charge on any atom is -0.338 e. The van der Waals surface area contributed by atoms with Crippen LogP contribution in [0.5, 0.6) is 0 Å². The molecule has 0 amide bonds. The highest BCUT2D eigenvalue weighted by atomic mass is 35.5. The number of nitrogens with zero attached hydrogens (tertiary/aromatic N) is 4. The molecular weight excluding hydrogens is 399 g/mol. The number of aryl methyl sites for hydroxylation is 1. The lowest BCUT2D eigenvalue weighted by Gasteiger charge is -2.33. The fraction of sp³-hybridized carbons (Fsp3) is 0.500. The molecule has 3 rings (SSSR count). The SMILES string of the molecule is CCCc1noc(CN2CCN(S(=O)(=O)c3cc(Cl)ccc3Cl)CC2)n1. The molecule has 2 aromatic rings. The topological polar surface area (TPSA) is 79.5 Å². The Balaban J connectivity index is 1.63. The van der Waals surface area contributed by atoms with Crippen molar-refractivity contribution in [2.75, 3.05) is 26.2 Å². The lowest BCUT2D eigenvalue weighted by molar-refractivity contribution is 0.163. The van der Waals surface area contributed by atoms with E-state index in [4.69, 9.17) is 27.7 Å². The summed E-state index contributed by atoms with van der Waals surface area (Å²) in [7, 11) is -3.68. The van der Waals surface area contributed by atoms with E-state index in [0.29, 0.717) is 49.5 Å². The van der Waals surface area contributed by atoms with Gasteiger partial charge in [-0.15, -0.1) is 0 Å². The Morgan fingerprint density at radius 2 is 1.92 bits per heavy atom. The van der Waals surface area contributed by atoms with Gasteiger partial charge in [0.2, 0.25) is 15.9 Å². The Labute approximate surface area is 162 Å². The summed E-state index contributed by atoms with van der Waals surface area (Å²) in [4.78, 5) is 6.48. The predicted molar refractivity (Wildman–Crippen MR) is 98.8 cm³/mol. The van der Waals surface area contributed by atoms with Crippen molar-refractivity contribution < 1.29 is 12.9 Å². The first-order valence-corrected chi connectivity index (χ1v) is 10.6. The molecular formula is C16H20Cl2N4O3S. The van der Waals surface area contributed by atoms with Crippen molar-refractivity contribution in [3.8, 4) is 0 Å². The van der Waals surface area contributed by atoms with Crippen LogP contribution >= 0.6 is 23.2 Å². The van der Waals surface area contributed by atoms with Crippen molar-refractivity contribution in [2.45, 2.75) is 31.2 Å². The highest BCUT2D eigenvalue weighted by Gasteiger charge is 2.30. The lowest BCUT2D eigenvalue weighted by Crippen LogP contribution is -2.48. The molecule has 1 saturated heterocycles. The Morgan fingerprint density at radius 3 is 2.62 bits per heavy atom. The van der Waals surface area contributed by atoms with Gasteiger partial charge < -0.3 is 4.52 Å². The van der Waals surface area contributed by atoms with Crippen LogP contribution in [0.15, 0.2) is 27.6 Å². The maximum atomic E-state index is 12.8. The Morgan fingerprint density at radius 1 is 1.19 bits per heavy atom. The van der Waals surface area contributed by atoms with Crippen LogP contribution in [-0.2, 0) is 23.0 Å². The second-order valence-electron chi connectivity index (χ2n) is 6.11. The van der Waals surface area contributed by atoms with E-state index in [1.165, 1.54) is 16.4 Å². The zero-order chi connectivity index (χ0) is 18.7. The lowest BCUT2D eigenvalue weighted by atomic mass is 10.3. The summed E-state index contributed by atoms with van der Waals surface area (Å²) in [6, 6.07) is 4.45. The number of halogens is 2. The first-order valence-electron chi connectivity index (χ1n) is 8.39. The highest BCUT2D eigenvalue weighted by Crippen LogP contribution is 2.28. The second kappa shape index (κ2) is 8.22. The zero-order valence-electron chi connectivity index (χ0n) is 14.4. The fourth-order valence-electron chi connectivity index (χ4n) is 2.81. The number of hydrogen-bond acceptors (Lipinski definition) is 6. The summed E-state index contributed by atoms with van der Waals surface area (Å²) in [6.07, 6.45) is 1.75. The third kappa shape index (κ3) is 4.37. The molecule has 10 heteroatoms. The molecule has 1 aliphatic heterocycles. The number of sulfonamides is 1. The van der Waals surface area contributed by atoms with Gasteiger partial charge in [0.05, 0.1) is 11.6 Å². The fourth-order valence-corrected chi connectivity index (χ4v) is 4.97. The van der Waals surface area contributed by atoms with Crippen molar-refractivity contribution in [1.29, 1.82) is 0 Å². The van der Waals surface area contributed by atoms with Crippen LogP contribution in [0.1, 0.15) is 25.1 Å². The van der Waals surface area contributed by atoms with Crippen LogP contribution in [0.2, 0.25) is 10.0 Å². The van der Waals surface area contributed by atoms with E-state index in [1.54, 1.807) is 6.07 Å². The van der Waals surface area contributed by atoms with Gasteiger partial charge in [-0.05, 0) is 24.6 Å². The molecule has 1 fully saturated rings. The monoisotopic (exact) mass is 418 g/mol. The minimum atomic E-state index is -3.68. The van der Waals surface area contributed by atoms with Gasteiger partial charge in [0.25, 0.3) is 0 Å². The highest BCUT2D eigenvalue weighted by molar-refractivity contribution is 7.89. The summed E-state index contributed by atoms with van der Waals surface area (Å²) >= 11 is 12.0. The van der Waals surface area contributed by atoms with Crippen LogP contribution in [0.25, 0.3) is 0 Å². The van der Waals surface area contributed by atoms with E-state index in [2.05, 4.69) is 22.0 Å². The van der Waals surface area contributed by atoms with Crippen molar-refractivity contribution >= 4 is 33.2 Å². The molecule has 0 atom stereocenters. The number of aromatic nitrogens is 2. The van der Waals surface area contributed by atoms with Crippen LogP contribution < -0.4 is 0 Å². The predicted octanol–water partition coefficient (Wildman–Crippen LogP) is 2.84. The molecule has 0 saturated carbocycles. The molecule has 142 valence electrons. The van der Waals surface area contributed by atoms with Gasteiger partial charge in [0, 0.05) is 37.6 Å². The summed E-state index contributed by atoms with van der Waals surface area (Å²) in [5.74, 6) is 1.27. The average molecular weight is 419 g/mol.